The van der Waals surface area contributed by atoms with Crippen molar-refractivity contribution < 1.29 is 69.1 Å². The van der Waals surface area contributed by atoms with Crippen molar-refractivity contribution in [2.24, 2.45) is 0 Å². The van der Waals surface area contributed by atoms with Crippen LogP contribution in [0.15, 0.2) is 24.3 Å². The van der Waals surface area contributed by atoms with Crippen LogP contribution < -0.4 is 56.1 Å². The van der Waals surface area contributed by atoms with E-state index in [9.17, 15) is 12.9 Å². The molecule has 84 valence electrons. The van der Waals surface area contributed by atoms with E-state index in [1.165, 1.54) is 0 Å². The fourth-order valence-corrected chi connectivity index (χ4v) is 1.27. The molecule has 0 radical (unpaired) electrons. The van der Waals surface area contributed by atoms with Gasteiger partial charge in [-0.25, -0.2) is 0 Å². The van der Waals surface area contributed by atoms with Crippen LogP contribution in [0, 0.1) is 0 Å². The Morgan fingerprint density at radius 2 is 1.75 bits per heavy atom. The van der Waals surface area contributed by atoms with Crippen LogP contribution in [0.2, 0.25) is 0 Å². The third kappa shape index (κ3) is 5.72. The van der Waals surface area contributed by atoms with Gasteiger partial charge in [-0.05, 0) is 17.5 Å². The maximum absolute atomic E-state index is 12.0. The molecule has 0 heterocycles. The zero-order valence-corrected chi connectivity index (χ0v) is 12.8. The largest absolute Gasteiger partial charge is 1.00 e. The van der Waals surface area contributed by atoms with E-state index in [1.807, 2.05) is 13.8 Å². The summed E-state index contributed by atoms with van der Waals surface area (Å²) in [6.45, 7) is -2.23. The predicted molar refractivity (Wildman–Crippen MR) is 55.1 cm³/mol. The van der Waals surface area contributed by atoms with Crippen LogP contribution in [0.3, 0.4) is 0 Å². The monoisotopic (exact) mass is 256 g/mol. The van der Waals surface area contributed by atoms with Gasteiger partial charge in [-0.1, -0.05) is 32.0 Å². The average Bonchev–Trinajstić information content (AvgIpc) is 2.14. The Hall–Kier alpha value is 0.511. The number of benzene rings is 1. The minimum atomic E-state index is -4.89. The number of halogens is 3. The standard InChI is InChI=1S/C10H13BF3O.K/c1-8(2)9-5-3-4-6-10(9)15-7-11(12,13)14;/h3-6,8H,7H2,1-2H3;/q-1;+1. The topological polar surface area (TPSA) is 9.23 Å². The second-order valence-electron chi connectivity index (χ2n) is 3.71. The summed E-state index contributed by atoms with van der Waals surface area (Å²) in [5.74, 6) is 0.480. The molecule has 1 nitrogen and oxygen atoms in total. The molecule has 6 heteroatoms. The van der Waals surface area contributed by atoms with E-state index in [4.69, 9.17) is 4.74 Å². The van der Waals surface area contributed by atoms with Crippen LogP contribution in [0.1, 0.15) is 25.3 Å². The quantitative estimate of drug-likeness (QED) is 0.716. The summed E-state index contributed by atoms with van der Waals surface area (Å²) in [7, 11) is 0. The van der Waals surface area contributed by atoms with Crippen molar-refractivity contribution in [3.63, 3.8) is 0 Å². The van der Waals surface area contributed by atoms with Crippen LogP contribution >= 0.6 is 0 Å². The molecule has 0 spiro atoms. The molecule has 0 saturated heterocycles. The van der Waals surface area contributed by atoms with Crippen LogP contribution in [-0.4, -0.2) is 13.5 Å². The fourth-order valence-electron chi connectivity index (χ4n) is 1.27. The average molecular weight is 256 g/mol. The normalized spacial score (nSPS) is 11.1. The van der Waals surface area contributed by atoms with Crippen LogP contribution in [-0.2, 0) is 0 Å². The van der Waals surface area contributed by atoms with Crippen molar-refractivity contribution in [2.45, 2.75) is 19.8 Å². The van der Waals surface area contributed by atoms with E-state index in [0.29, 0.717) is 5.75 Å². The van der Waals surface area contributed by atoms with Gasteiger partial charge in [0.25, 0.3) is 0 Å². The number of rotatable bonds is 4. The number of ether oxygens (including phenoxy) is 1. The molecule has 1 rings (SSSR count). The molecule has 0 saturated carbocycles. The first kappa shape index (κ1) is 16.5. The number of hydrogen-bond acceptors (Lipinski definition) is 1. The van der Waals surface area contributed by atoms with Gasteiger partial charge in [-0.15, -0.1) is 0 Å². The predicted octanol–water partition coefficient (Wildman–Crippen LogP) is 0.579. The molecule has 0 atom stereocenters. The molecule has 0 aliphatic carbocycles. The molecule has 0 bridgehead atoms. The van der Waals surface area contributed by atoms with Gasteiger partial charge in [-0.3, -0.25) is 0 Å². The summed E-state index contributed by atoms with van der Waals surface area (Å²) in [6, 6.07) is 6.81. The second-order valence-corrected chi connectivity index (χ2v) is 3.71. The van der Waals surface area contributed by atoms with E-state index >= 15 is 0 Å². The van der Waals surface area contributed by atoms with E-state index in [0.717, 1.165) is 5.56 Å². The van der Waals surface area contributed by atoms with Crippen molar-refractivity contribution in [1.82, 2.24) is 0 Å². The van der Waals surface area contributed by atoms with Crippen LogP contribution in [0.5, 0.6) is 5.75 Å². The molecule has 0 aliphatic rings. The van der Waals surface area contributed by atoms with Gasteiger partial charge in [0, 0.05) is 0 Å². The summed E-state index contributed by atoms with van der Waals surface area (Å²) < 4.78 is 40.8. The first-order chi connectivity index (χ1) is 6.90. The smallest absolute Gasteiger partial charge is 0.521 e. The molecule has 0 unspecified atom stereocenters. The zero-order chi connectivity index (χ0) is 11.5. The van der Waals surface area contributed by atoms with E-state index in [-0.39, 0.29) is 57.3 Å². The Balaban J connectivity index is 0.00000225. The van der Waals surface area contributed by atoms with E-state index in [1.54, 1.807) is 24.3 Å². The Morgan fingerprint density at radius 3 is 2.25 bits per heavy atom. The molecular weight excluding hydrogens is 243 g/mol. The van der Waals surface area contributed by atoms with Crippen LogP contribution in [0.4, 0.5) is 12.9 Å². The minimum Gasteiger partial charge on any atom is -0.521 e. The summed E-state index contributed by atoms with van der Waals surface area (Å²) in [5, 5.41) is 0. The Bertz CT molecular complexity index is 328. The molecule has 0 amide bonds. The van der Waals surface area contributed by atoms with Gasteiger partial charge < -0.3 is 17.7 Å². The van der Waals surface area contributed by atoms with Gasteiger partial charge in [0.15, 0.2) is 0 Å². The summed E-state index contributed by atoms with van der Waals surface area (Å²) in [4.78, 5) is 0. The molecule has 0 aliphatic heterocycles. The Kier molecular flexibility index (Phi) is 7.28. The number of hydrogen-bond donors (Lipinski definition) is 0. The Labute approximate surface area is 136 Å². The SMILES string of the molecule is CC(C)c1ccccc1OC[B-](F)(F)F.[K+]. The minimum absolute atomic E-state index is 0. The molecule has 0 fully saturated rings. The molecule has 16 heavy (non-hydrogen) atoms. The van der Waals surface area contributed by atoms with Crippen LogP contribution in [0.25, 0.3) is 0 Å². The van der Waals surface area contributed by atoms with Gasteiger partial charge in [0.2, 0.25) is 0 Å². The number of para-hydroxylation sites is 1. The third-order valence-corrected chi connectivity index (χ3v) is 1.97. The molecule has 1 aromatic rings. The maximum Gasteiger partial charge on any atom is 1.00 e. The molecule has 1 aromatic carbocycles. The van der Waals surface area contributed by atoms with Gasteiger partial charge >= 0.3 is 58.4 Å². The van der Waals surface area contributed by atoms with E-state index < -0.39 is 13.5 Å². The van der Waals surface area contributed by atoms with Gasteiger partial charge in [0.1, 0.15) is 5.75 Å². The van der Waals surface area contributed by atoms with Crippen molar-refractivity contribution in [3.8, 4) is 5.75 Å². The summed E-state index contributed by atoms with van der Waals surface area (Å²) in [5.41, 5.74) is 0.803. The van der Waals surface area contributed by atoms with Crippen molar-refractivity contribution in [3.05, 3.63) is 29.8 Å². The van der Waals surface area contributed by atoms with E-state index in [2.05, 4.69) is 0 Å². The summed E-state index contributed by atoms with van der Waals surface area (Å²) >= 11 is 0. The van der Waals surface area contributed by atoms with Crippen molar-refractivity contribution in [1.29, 1.82) is 0 Å². The second kappa shape index (κ2) is 7.06. The van der Waals surface area contributed by atoms with Gasteiger partial charge in [0.05, 0.1) is 6.51 Å². The van der Waals surface area contributed by atoms with Gasteiger partial charge in [-0.2, -0.15) is 0 Å². The summed E-state index contributed by atoms with van der Waals surface area (Å²) in [6.07, 6.45) is 0. The molecule has 0 aromatic heterocycles. The maximum atomic E-state index is 12.0. The molecule has 0 N–H and O–H groups in total. The van der Waals surface area contributed by atoms with Crippen molar-refractivity contribution >= 4 is 6.98 Å². The Morgan fingerprint density at radius 1 is 1.19 bits per heavy atom. The first-order valence-electron chi connectivity index (χ1n) is 4.83. The fraction of sp³-hybridized carbons (Fsp3) is 0.400. The molecular formula is C10H13BF3KO. The van der Waals surface area contributed by atoms with Crippen molar-refractivity contribution in [2.75, 3.05) is 6.51 Å². The third-order valence-electron chi connectivity index (χ3n) is 1.97. The first-order valence-corrected chi connectivity index (χ1v) is 4.83. The zero-order valence-electron chi connectivity index (χ0n) is 9.71.